The van der Waals surface area contributed by atoms with Crippen LogP contribution in [0.2, 0.25) is 0 Å². The first-order valence-corrected chi connectivity index (χ1v) is 8.39. The third-order valence-electron chi connectivity index (χ3n) is 4.19. The Morgan fingerprint density at radius 2 is 1.76 bits per heavy atom. The van der Waals surface area contributed by atoms with E-state index in [4.69, 9.17) is 9.47 Å². The van der Waals surface area contributed by atoms with Crippen molar-refractivity contribution in [3.05, 3.63) is 53.1 Å². The van der Waals surface area contributed by atoms with Gasteiger partial charge in [0.05, 0.1) is 12.8 Å². The second kappa shape index (κ2) is 7.60. The number of carbonyl (C=O) groups is 1. The Bertz CT molecular complexity index is 760. The minimum absolute atomic E-state index is 0.0122. The van der Waals surface area contributed by atoms with E-state index in [0.29, 0.717) is 17.2 Å². The van der Waals surface area contributed by atoms with Gasteiger partial charge in [-0.2, -0.15) is 0 Å². The van der Waals surface area contributed by atoms with Gasteiger partial charge in [-0.1, -0.05) is 32.9 Å². The van der Waals surface area contributed by atoms with Crippen LogP contribution in [-0.2, 0) is 10.2 Å². The van der Waals surface area contributed by atoms with E-state index in [1.165, 1.54) is 5.56 Å². The fourth-order valence-electron chi connectivity index (χ4n) is 2.41. The van der Waals surface area contributed by atoms with E-state index in [1.807, 2.05) is 50.2 Å². The van der Waals surface area contributed by atoms with Gasteiger partial charge in [0.2, 0.25) is 0 Å². The molecule has 0 aromatic heterocycles. The van der Waals surface area contributed by atoms with Gasteiger partial charge in [-0.25, -0.2) is 0 Å². The minimum atomic E-state index is -0.220. The molecule has 4 heteroatoms. The average molecular weight is 341 g/mol. The molecule has 2 aromatic carbocycles. The highest BCUT2D eigenvalue weighted by Crippen LogP contribution is 2.31. The van der Waals surface area contributed by atoms with Crippen LogP contribution in [0, 0.1) is 13.8 Å². The molecule has 2 rings (SSSR count). The van der Waals surface area contributed by atoms with Crippen molar-refractivity contribution in [3.8, 4) is 11.5 Å². The number of hydrogen-bond donors (Lipinski definition) is 1. The summed E-state index contributed by atoms with van der Waals surface area (Å²) in [4.78, 5) is 12.3. The van der Waals surface area contributed by atoms with Gasteiger partial charge in [0.1, 0.15) is 11.5 Å². The highest BCUT2D eigenvalue weighted by atomic mass is 16.5. The molecule has 0 aliphatic rings. The van der Waals surface area contributed by atoms with Gasteiger partial charge >= 0.3 is 0 Å². The molecule has 0 bridgehead atoms. The van der Waals surface area contributed by atoms with Crippen LogP contribution in [0.5, 0.6) is 11.5 Å². The lowest BCUT2D eigenvalue weighted by molar-refractivity contribution is -0.118. The molecule has 0 spiro atoms. The summed E-state index contributed by atoms with van der Waals surface area (Å²) in [5.74, 6) is 1.10. The van der Waals surface area contributed by atoms with Crippen molar-refractivity contribution in [1.82, 2.24) is 0 Å². The maximum Gasteiger partial charge on any atom is 0.262 e. The highest BCUT2D eigenvalue weighted by Gasteiger charge is 2.17. The number of methoxy groups -OCH3 is 1. The number of nitrogens with one attached hydrogen (secondary N) is 1. The fourth-order valence-corrected chi connectivity index (χ4v) is 2.41. The Kier molecular flexibility index (Phi) is 5.73. The van der Waals surface area contributed by atoms with Gasteiger partial charge in [-0.15, -0.1) is 0 Å². The quantitative estimate of drug-likeness (QED) is 0.863. The van der Waals surface area contributed by atoms with Crippen molar-refractivity contribution < 1.29 is 14.3 Å². The second-order valence-corrected chi connectivity index (χ2v) is 7.25. The van der Waals surface area contributed by atoms with Gasteiger partial charge < -0.3 is 14.8 Å². The minimum Gasteiger partial charge on any atom is -0.495 e. The molecule has 4 nitrogen and oxygen atoms in total. The first kappa shape index (κ1) is 18.8. The Morgan fingerprint density at radius 1 is 1.04 bits per heavy atom. The van der Waals surface area contributed by atoms with Crippen LogP contribution in [0.3, 0.4) is 0 Å². The third kappa shape index (κ3) is 4.99. The van der Waals surface area contributed by atoms with Gasteiger partial charge in [0.15, 0.2) is 6.61 Å². The lowest BCUT2D eigenvalue weighted by atomic mass is 9.87. The number of aryl methyl sites for hydroxylation is 2. The summed E-state index contributed by atoms with van der Waals surface area (Å²) < 4.78 is 10.9. The van der Waals surface area contributed by atoms with Crippen molar-refractivity contribution in [2.24, 2.45) is 0 Å². The lowest BCUT2D eigenvalue weighted by Gasteiger charge is -2.21. The molecule has 2 aromatic rings. The molecule has 0 aliphatic heterocycles. The zero-order valence-corrected chi connectivity index (χ0v) is 15.9. The maximum absolute atomic E-state index is 12.3. The smallest absolute Gasteiger partial charge is 0.262 e. The van der Waals surface area contributed by atoms with Crippen LogP contribution in [0.4, 0.5) is 5.69 Å². The van der Waals surface area contributed by atoms with Gasteiger partial charge in [-0.3, -0.25) is 4.79 Å². The second-order valence-electron chi connectivity index (χ2n) is 7.25. The summed E-state index contributed by atoms with van der Waals surface area (Å²) >= 11 is 0. The molecule has 1 amide bonds. The Labute approximate surface area is 150 Å². The standard InChI is InChI=1S/C21H27NO3/c1-14-7-9-17(11-15(14)2)25-13-20(23)22-18-12-16(21(3,4)5)8-10-19(18)24-6/h7-12H,13H2,1-6H3,(H,22,23). The Morgan fingerprint density at radius 3 is 2.36 bits per heavy atom. The molecule has 0 atom stereocenters. The van der Waals surface area contributed by atoms with Crippen LogP contribution < -0.4 is 14.8 Å². The Hall–Kier alpha value is -2.49. The largest absolute Gasteiger partial charge is 0.495 e. The number of anilines is 1. The molecule has 0 heterocycles. The van der Waals surface area contributed by atoms with Crippen molar-refractivity contribution in [2.75, 3.05) is 19.0 Å². The van der Waals surface area contributed by atoms with Crippen LogP contribution in [0.25, 0.3) is 0 Å². The summed E-state index contributed by atoms with van der Waals surface area (Å²) in [6, 6.07) is 11.6. The normalized spacial score (nSPS) is 11.1. The molecule has 0 saturated heterocycles. The van der Waals surface area contributed by atoms with Gasteiger partial charge in [0, 0.05) is 0 Å². The van der Waals surface area contributed by atoms with E-state index in [1.54, 1.807) is 7.11 Å². The first-order chi connectivity index (χ1) is 11.7. The number of ether oxygens (including phenoxy) is 2. The summed E-state index contributed by atoms with van der Waals surface area (Å²) in [7, 11) is 1.59. The molecule has 0 unspecified atom stereocenters. The molecule has 134 valence electrons. The predicted molar refractivity (Wildman–Crippen MR) is 102 cm³/mol. The number of rotatable bonds is 5. The van der Waals surface area contributed by atoms with Gasteiger partial charge in [-0.05, 0) is 60.2 Å². The SMILES string of the molecule is COc1ccc(C(C)(C)C)cc1NC(=O)COc1ccc(C)c(C)c1. The van der Waals surface area contributed by atoms with E-state index < -0.39 is 0 Å². The van der Waals surface area contributed by atoms with Crippen LogP contribution in [0.15, 0.2) is 36.4 Å². The fraction of sp³-hybridized carbons (Fsp3) is 0.381. The molecule has 0 radical (unpaired) electrons. The molecule has 0 fully saturated rings. The van der Waals surface area contributed by atoms with E-state index >= 15 is 0 Å². The number of amides is 1. The number of benzene rings is 2. The summed E-state index contributed by atoms with van der Waals surface area (Å²) in [6.07, 6.45) is 0. The zero-order chi connectivity index (χ0) is 18.6. The van der Waals surface area contributed by atoms with E-state index in [0.717, 1.165) is 11.1 Å². The topological polar surface area (TPSA) is 47.6 Å². The van der Waals surface area contributed by atoms with Crippen molar-refractivity contribution in [1.29, 1.82) is 0 Å². The molecule has 1 N–H and O–H groups in total. The molecular formula is C21H27NO3. The van der Waals surface area contributed by atoms with E-state index in [-0.39, 0.29) is 17.9 Å². The van der Waals surface area contributed by atoms with E-state index in [2.05, 4.69) is 26.1 Å². The maximum atomic E-state index is 12.3. The van der Waals surface area contributed by atoms with Gasteiger partial charge in [0.25, 0.3) is 5.91 Å². The van der Waals surface area contributed by atoms with Crippen molar-refractivity contribution in [2.45, 2.75) is 40.0 Å². The van der Waals surface area contributed by atoms with Crippen LogP contribution in [0.1, 0.15) is 37.5 Å². The van der Waals surface area contributed by atoms with E-state index in [9.17, 15) is 4.79 Å². The Balaban J connectivity index is 2.07. The van der Waals surface area contributed by atoms with Crippen molar-refractivity contribution in [3.63, 3.8) is 0 Å². The number of carbonyl (C=O) groups excluding carboxylic acids is 1. The van der Waals surface area contributed by atoms with Crippen LogP contribution in [-0.4, -0.2) is 19.6 Å². The van der Waals surface area contributed by atoms with Crippen LogP contribution >= 0.6 is 0 Å². The van der Waals surface area contributed by atoms with Crippen molar-refractivity contribution >= 4 is 11.6 Å². The molecule has 25 heavy (non-hydrogen) atoms. The molecule has 0 saturated carbocycles. The average Bonchev–Trinajstić information content (AvgIpc) is 2.55. The summed E-state index contributed by atoms with van der Waals surface area (Å²) in [5, 5.41) is 2.88. The lowest BCUT2D eigenvalue weighted by Crippen LogP contribution is -2.21. The zero-order valence-electron chi connectivity index (χ0n) is 15.9. The predicted octanol–water partition coefficient (Wildman–Crippen LogP) is 4.63. The molecular weight excluding hydrogens is 314 g/mol. The third-order valence-corrected chi connectivity index (χ3v) is 4.19. The summed E-state index contributed by atoms with van der Waals surface area (Å²) in [6.45, 7) is 10.4. The monoisotopic (exact) mass is 341 g/mol. The molecule has 0 aliphatic carbocycles. The summed E-state index contributed by atoms with van der Waals surface area (Å²) in [5.41, 5.74) is 4.10. The first-order valence-electron chi connectivity index (χ1n) is 8.39. The number of hydrogen-bond acceptors (Lipinski definition) is 3. The highest BCUT2D eigenvalue weighted by molar-refractivity contribution is 5.93.